The van der Waals surface area contributed by atoms with E-state index in [1.807, 2.05) is 0 Å². The van der Waals surface area contributed by atoms with Crippen molar-refractivity contribution in [1.82, 2.24) is 0 Å². The van der Waals surface area contributed by atoms with Crippen LogP contribution in [0.25, 0.3) is 0 Å². The predicted octanol–water partition coefficient (Wildman–Crippen LogP) is 3.93. The lowest BCUT2D eigenvalue weighted by atomic mass is 10.3. The van der Waals surface area contributed by atoms with Gasteiger partial charge in [0.05, 0.1) is 6.10 Å². The summed E-state index contributed by atoms with van der Waals surface area (Å²) in [5, 5.41) is 0.345. The van der Waals surface area contributed by atoms with Gasteiger partial charge in [-0.25, -0.2) is 4.57 Å². The van der Waals surface area contributed by atoms with Crippen molar-refractivity contribution in [3.05, 3.63) is 0 Å². The molecule has 0 aromatic heterocycles. The summed E-state index contributed by atoms with van der Waals surface area (Å²) in [5.74, 6) is 0. The highest BCUT2D eigenvalue weighted by Gasteiger charge is 2.32. The van der Waals surface area contributed by atoms with Gasteiger partial charge in [0.2, 0.25) is 0 Å². The Hall–Kier alpha value is 1.46. The van der Waals surface area contributed by atoms with E-state index < -0.39 is 17.7 Å². The summed E-state index contributed by atoms with van der Waals surface area (Å²) in [6.07, 6.45) is -0.511. The van der Waals surface area contributed by atoms with Gasteiger partial charge in [0.15, 0.2) is 3.79 Å². The van der Waals surface area contributed by atoms with Crippen LogP contribution in [0.2, 0.25) is 0 Å². The highest BCUT2D eigenvalue weighted by atomic mass is 79.9. The molecule has 0 aliphatic heterocycles. The number of hydrogen-bond donors (Lipinski definition) is 0. The van der Waals surface area contributed by atoms with Crippen molar-refractivity contribution < 1.29 is 18.1 Å². The number of phosphoric ester groups is 1. The van der Waals surface area contributed by atoms with Crippen LogP contribution in [0.3, 0.4) is 0 Å². The molecule has 1 atom stereocenters. The number of hydrogen-bond acceptors (Lipinski definition) is 4. The Bertz CT molecular complexity index is 227. The van der Waals surface area contributed by atoms with Crippen molar-refractivity contribution in [3.63, 3.8) is 0 Å². The van der Waals surface area contributed by atoms with Crippen molar-refractivity contribution >= 4 is 58.6 Å². The van der Waals surface area contributed by atoms with Crippen molar-refractivity contribution in [3.8, 4) is 0 Å². The standard InChI is InChI=1S/C6H11BrCl3O4P/c1-12-15(11,13-2)14-5(4-7)3-6(8,9)10/h5H,3-4H2,1-2H3. The molecule has 0 aliphatic rings. The fourth-order valence-corrected chi connectivity index (χ4v) is 2.64. The van der Waals surface area contributed by atoms with Crippen LogP contribution in [0.1, 0.15) is 6.42 Å². The van der Waals surface area contributed by atoms with Crippen molar-refractivity contribution in [2.45, 2.75) is 16.3 Å². The summed E-state index contributed by atoms with van der Waals surface area (Å²) in [7, 11) is -1.12. The summed E-state index contributed by atoms with van der Waals surface area (Å²) in [6, 6.07) is 0. The van der Waals surface area contributed by atoms with Gasteiger partial charge in [-0.3, -0.25) is 13.6 Å². The highest BCUT2D eigenvalue weighted by Crippen LogP contribution is 2.50. The third-order valence-corrected chi connectivity index (χ3v) is 3.99. The van der Waals surface area contributed by atoms with Gasteiger partial charge < -0.3 is 0 Å². The minimum absolute atomic E-state index is 0.0691. The van der Waals surface area contributed by atoms with Crippen LogP contribution in [0.15, 0.2) is 0 Å². The van der Waals surface area contributed by atoms with Crippen molar-refractivity contribution in [2.24, 2.45) is 0 Å². The summed E-state index contributed by atoms with van der Waals surface area (Å²) in [6.45, 7) is 0. The highest BCUT2D eigenvalue weighted by molar-refractivity contribution is 9.09. The number of rotatable bonds is 6. The molecule has 4 nitrogen and oxygen atoms in total. The third kappa shape index (κ3) is 7.40. The molecule has 9 heteroatoms. The van der Waals surface area contributed by atoms with Crippen LogP contribution in [0, 0.1) is 0 Å². The fourth-order valence-electron chi connectivity index (χ4n) is 0.721. The van der Waals surface area contributed by atoms with Crippen LogP contribution in [-0.4, -0.2) is 29.4 Å². The molecule has 0 saturated heterocycles. The summed E-state index contributed by atoms with van der Waals surface area (Å²) in [5.41, 5.74) is 0. The minimum Gasteiger partial charge on any atom is -0.290 e. The first-order valence-electron chi connectivity index (χ1n) is 3.79. The van der Waals surface area contributed by atoms with Crippen LogP contribution in [0.5, 0.6) is 0 Å². The molecule has 0 heterocycles. The molecule has 0 N–H and O–H groups in total. The summed E-state index contributed by atoms with van der Waals surface area (Å²) in [4.78, 5) is 0. The second-order valence-electron chi connectivity index (χ2n) is 2.51. The van der Waals surface area contributed by atoms with Gasteiger partial charge in [0.1, 0.15) is 0 Å². The van der Waals surface area contributed by atoms with Gasteiger partial charge in [-0.05, 0) is 0 Å². The van der Waals surface area contributed by atoms with E-state index in [1.165, 1.54) is 14.2 Å². The smallest absolute Gasteiger partial charge is 0.290 e. The zero-order valence-corrected chi connectivity index (χ0v) is 12.8. The molecular formula is C6H11BrCl3O4P. The van der Waals surface area contributed by atoms with Crippen LogP contribution >= 0.6 is 58.6 Å². The molecule has 0 rings (SSSR count). The zero-order chi connectivity index (χ0) is 12.1. The minimum atomic E-state index is -3.55. The summed E-state index contributed by atoms with van der Waals surface area (Å²) < 4.78 is 24.4. The maximum atomic E-state index is 11.6. The Labute approximate surface area is 112 Å². The monoisotopic (exact) mass is 362 g/mol. The molecule has 0 amide bonds. The van der Waals surface area contributed by atoms with Crippen LogP contribution < -0.4 is 0 Å². The van der Waals surface area contributed by atoms with E-state index in [-0.39, 0.29) is 6.42 Å². The average Bonchev–Trinajstić information content (AvgIpc) is 2.14. The topological polar surface area (TPSA) is 44.8 Å². The molecule has 92 valence electrons. The average molecular weight is 364 g/mol. The number of alkyl halides is 4. The van der Waals surface area contributed by atoms with E-state index in [1.54, 1.807) is 0 Å². The van der Waals surface area contributed by atoms with Gasteiger partial charge in [-0.2, -0.15) is 0 Å². The Morgan fingerprint density at radius 2 is 1.80 bits per heavy atom. The third-order valence-electron chi connectivity index (χ3n) is 1.36. The van der Waals surface area contributed by atoms with Gasteiger partial charge in [0.25, 0.3) is 0 Å². The van der Waals surface area contributed by atoms with Gasteiger partial charge in [-0.15, -0.1) is 0 Å². The fraction of sp³-hybridized carbons (Fsp3) is 1.00. The molecular weight excluding hydrogens is 353 g/mol. The first-order valence-corrected chi connectivity index (χ1v) is 7.50. The predicted molar refractivity (Wildman–Crippen MR) is 65.2 cm³/mol. The maximum absolute atomic E-state index is 11.6. The first-order chi connectivity index (χ1) is 6.76. The Morgan fingerprint density at radius 1 is 1.33 bits per heavy atom. The van der Waals surface area contributed by atoms with Crippen LogP contribution in [0.4, 0.5) is 0 Å². The zero-order valence-electron chi connectivity index (χ0n) is 8.08. The molecule has 0 aromatic carbocycles. The molecule has 0 bridgehead atoms. The molecule has 0 spiro atoms. The lowest BCUT2D eigenvalue weighted by Gasteiger charge is -2.22. The molecule has 15 heavy (non-hydrogen) atoms. The Kier molecular flexibility index (Phi) is 7.70. The number of phosphoric acid groups is 1. The molecule has 1 unspecified atom stereocenters. The Morgan fingerprint density at radius 3 is 2.07 bits per heavy atom. The quantitative estimate of drug-likeness (QED) is 0.529. The second-order valence-corrected chi connectivity index (χ2v) is 7.51. The van der Waals surface area contributed by atoms with E-state index in [0.717, 1.165) is 0 Å². The first kappa shape index (κ1) is 16.5. The van der Waals surface area contributed by atoms with Crippen molar-refractivity contribution in [2.75, 3.05) is 19.5 Å². The van der Waals surface area contributed by atoms with Crippen molar-refractivity contribution in [1.29, 1.82) is 0 Å². The molecule has 0 aliphatic carbocycles. The molecule has 0 fully saturated rings. The summed E-state index contributed by atoms with van der Waals surface area (Å²) >= 11 is 19.9. The normalized spacial score (nSPS) is 15.3. The van der Waals surface area contributed by atoms with E-state index >= 15 is 0 Å². The lowest BCUT2D eigenvalue weighted by molar-refractivity contribution is 0.112. The Balaban J connectivity index is 4.39. The van der Waals surface area contributed by atoms with Gasteiger partial charge in [-0.1, -0.05) is 50.7 Å². The van der Waals surface area contributed by atoms with E-state index in [2.05, 4.69) is 25.0 Å². The lowest BCUT2D eigenvalue weighted by Crippen LogP contribution is -2.21. The van der Waals surface area contributed by atoms with Gasteiger partial charge >= 0.3 is 7.82 Å². The van der Waals surface area contributed by atoms with Gasteiger partial charge in [0, 0.05) is 26.0 Å². The maximum Gasteiger partial charge on any atom is 0.474 e. The van der Waals surface area contributed by atoms with E-state index in [4.69, 9.17) is 39.3 Å². The SMILES string of the molecule is COP(=O)(OC)OC(CBr)CC(Cl)(Cl)Cl. The van der Waals surface area contributed by atoms with Crippen LogP contribution in [-0.2, 0) is 18.1 Å². The second kappa shape index (κ2) is 7.02. The number of halogens is 4. The largest absolute Gasteiger partial charge is 0.474 e. The molecule has 0 aromatic rings. The molecule has 0 radical (unpaired) electrons. The van der Waals surface area contributed by atoms with E-state index in [0.29, 0.717) is 5.33 Å². The van der Waals surface area contributed by atoms with E-state index in [9.17, 15) is 4.57 Å². The molecule has 0 saturated carbocycles.